The zero-order valence-electron chi connectivity index (χ0n) is 13.7. The van der Waals surface area contributed by atoms with Crippen LogP contribution in [0.5, 0.6) is 5.75 Å². The first-order valence-electron chi connectivity index (χ1n) is 7.13. The van der Waals surface area contributed by atoms with Crippen LogP contribution in [-0.4, -0.2) is 49.3 Å². The molecular weight excluding hydrogens is 332 g/mol. The highest BCUT2D eigenvalue weighted by Gasteiger charge is 2.12. The zero-order valence-corrected chi connectivity index (χ0v) is 14.5. The molecule has 1 aromatic carbocycles. The molecule has 130 valence electrons. The van der Waals surface area contributed by atoms with E-state index in [1.807, 2.05) is 6.92 Å². The molecule has 0 amide bonds. The summed E-state index contributed by atoms with van der Waals surface area (Å²) < 4.78 is 29.8. The number of nitrogens with two attached hydrogens (primary N) is 1. The van der Waals surface area contributed by atoms with Gasteiger partial charge in [0.15, 0.2) is 0 Å². The van der Waals surface area contributed by atoms with Gasteiger partial charge in [-0.05, 0) is 31.2 Å². The summed E-state index contributed by atoms with van der Waals surface area (Å²) in [5.41, 5.74) is 6.05. The molecule has 9 nitrogen and oxygen atoms in total. The number of sulfonamides is 1. The number of anilines is 3. The summed E-state index contributed by atoms with van der Waals surface area (Å²) in [5, 5.41) is 3.05. The number of nitrogens with one attached hydrogen (secondary N) is 1. The predicted octanol–water partition coefficient (Wildman–Crippen LogP) is 0.729. The lowest BCUT2D eigenvalue weighted by Gasteiger charge is -2.18. The minimum absolute atomic E-state index is 0.0647. The highest BCUT2D eigenvalue weighted by atomic mass is 32.2. The normalized spacial score (nSPS) is 12.5. The smallest absolute Gasteiger partial charge is 0.231 e. The summed E-state index contributed by atoms with van der Waals surface area (Å²) in [6.45, 7) is 2.28. The average Bonchev–Trinajstić information content (AvgIpc) is 2.52. The van der Waals surface area contributed by atoms with E-state index in [1.165, 1.54) is 17.7 Å². The number of ether oxygens (including phenoxy) is 1. The average molecular weight is 352 g/mol. The van der Waals surface area contributed by atoms with Crippen LogP contribution >= 0.6 is 0 Å². The van der Waals surface area contributed by atoms with Crippen LogP contribution in [0.2, 0.25) is 0 Å². The van der Waals surface area contributed by atoms with Gasteiger partial charge < -0.3 is 15.8 Å². The summed E-state index contributed by atoms with van der Waals surface area (Å²) in [7, 11) is -1.78. The van der Waals surface area contributed by atoms with Crippen molar-refractivity contribution in [2.45, 2.75) is 13.0 Å². The molecule has 3 N–H and O–H groups in total. The second kappa shape index (κ2) is 7.30. The summed E-state index contributed by atoms with van der Waals surface area (Å²) in [6, 6.07) is 6.72. The van der Waals surface area contributed by atoms with Gasteiger partial charge in [-0.15, -0.1) is 0 Å². The second-order valence-corrected chi connectivity index (χ2v) is 7.26. The van der Waals surface area contributed by atoms with Gasteiger partial charge in [-0.2, -0.15) is 4.98 Å². The molecule has 0 saturated carbocycles. The SMILES string of the molecule is CC(COc1ccc(N(C)S(C)(=O)=O)cc1)Nc1ncnc(N)n1. The highest BCUT2D eigenvalue weighted by Crippen LogP contribution is 2.20. The third-order valence-electron chi connectivity index (χ3n) is 3.16. The van der Waals surface area contributed by atoms with Crippen LogP contribution in [0.3, 0.4) is 0 Å². The van der Waals surface area contributed by atoms with E-state index < -0.39 is 10.0 Å². The Morgan fingerprint density at radius 3 is 2.54 bits per heavy atom. The van der Waals surface area contributed by atoms with Gasteiger partial charge in [-0.25, -0.2) is 18.4 Å². The molecule has 0 aliphatic heterocycles. The number of hydrogen-bond acceptors (Lipinski definition) is 8. The van der Waals surface area contributed by atoms with E-state index in [0.29, 0.717) is 24.0 Å². The summed E-state index contributed by atoms with van der Waals surface area (Å²) in [6.07, 6.45) is 2.48. The number of aromatic nitrogens is 3. The standard InChI is InChI=1S/C14H20N6O3S/c1-10(18-14-17-9-16-13(15)19-14)8-23-12-6-4-11(5-7-12)20(2)24(3,21)22/h4-7,9-10H,8H2,1-3H3,(H3,15,16,17,18,19). The van der Waals surface area contributed by atoms with Crippen molar-refractivity contribution < 1.29 is 13.2 Å². The van der Waals surface area contributed by atoms with Gasteiger partial charge in [0.05, 0.1) is 18.0 Å². The molecule has 0 saturated heterocycles. The molecule has 0 aliphatic carbocycles. The molecule has 0 radical (unpaired) electrons. The van der Waals surface area contributed by atoms with E-state index in [4.69, 9.17) is 10.5 Å². The minimum atomic E-state index is -3.28. The number of hydrogen-bond donors (Lipinski definition) is 2. The van der Waals surface area contributed by atoms with Crippen LogP contribution in [0.15, 0.2) is 30.6 Å². The van der Waals surface area contributed by atoms with E-state index in [9.17, 15) is 8.42 Å². The Balaban J connectivity index is 1.90. The second-order valence-electron chi connectivity index (χ2n) is 5.25. The maximum atomic E-state index is 11.5. The van der Waals surface area contributed by atoms with Crippen LogP contribution < -0.4 is 20.1 Å². The molecule has 0 aliphatic rings. The molecule has 24 heavy (non-hydrogen) atoms. The third kappa shape index (κ3) is 4.95. The van der Waals surface area contributed by atoms with Crippen LogP contribution in [0.25, 0.3) is 0 Å². The monoisotopic (exact) mass is 352 g/mol. The van der Waals surface area contributed by atoms with E-state index in [-0.39, 0.29) is 12.0 Å². The topological polar surface area (TPSA) is 123 Å². The summed E-state index contributed by atoms with van der Waals surface area (Å²) >= 11 is 0. The van der Waals surface area contributed by atoms with Gasteiger partial charge in [-0.3, -0.25) is 4.31 Å². The molecule has 1 unspecified atom stereocenters. The Morgan fingerprint density at radius 2 is 1.96 bits per heavy atom. The van der Waals surface area contributed by atoms with Gasteiger partial charge in [0, 0.05) is 7.05 Å². The van der Waals surface area contributed by atoms with Crippen LogP contribution in [-0.2, 0) is 10.0 Å². The molecule has 0 spiro atoms. The predicted molar refractivity (Wildman–Crippen MR) is 92.5 cm³/mol. The maximum absolute atomic E-state index is 11.5. The zero-order chi connectivity index (χ0) is 17.7. The number of nitrogen functional groups attached to an aromatic ring is 1. The van der Waals surface area contributed by atoms with Crippen LogP contribution in [0.1, 0.15) is 6.92 Å². The molecule has 1 heterocycles. The Morgan fingerprint density at radius 1 is 1.29 bits per heavy atom. The fraction of sp³-hybridized carbons (Fsp3) is 0.357. The molecule has 0 bridgehead atoms. The number of benzene rings is 1. The first-order chi connectivity index (χ1) is 11.3. The van der Waals surface area contributed by atoms with Gasteiger partial charge >= 0.3 is 0 Å². The molecule has 1 atom stereocenters. The van der Waals surface area contributed by atoms with E-state index in [2.05, 4.69) is 20.3 Å². The van der Waals surface area contributed by atoms with E-state index in [1.54, 1.807) is 24.3 Å². The van der Waals surface area contributed by atoms with E-state index in [0.717, 1.165) is 6.26 Å². The molecular formula is C14H20N6O3S. The Bertz CT molecular complexity index is 781. The van der Waals surface area contributed by atoms with Gasteiger partial charge in [0.2, 0.25) is 21.9 Å². The fourth-order valence-electron chi connectivity index (χ4n) is 1.81. The van der Waals surface area contributed by atoms with Gasteiger partial charge in [-0.1, -0.05) is 0 Å². The van der Waals surface area contributed by atoms with Gasteiger partial charge in [0.25, 0.3) is 0 Å². The van der Waals surface area contributed by atoms with Crippen molar-refractivity contribution in [1.29, 1.82) is 0 Å². The molecule has 2 rings (SSSR count). The Kier molecular flexibility index (Phi) is 5.39. The number of rotatable bonds is 7. The first-order valence-corrected chi connectivity index (χ1v) is 8.98. The molecule has 2 aromatic rings. The molecule has 10 heteroatoms. The van der Waals surface area contributed by atoms with Crippen molar-refractivity contribution in [3.8, 4) is 5.75 Å². The summed E-state index contributed by atoms with van der Waals surface area (Å²) in [4.78, 5) is 11.6. The Labute approximate surface area is 140 Å². The lowest BCUT2D eigenvalue weighted by atomic mass is 10.3. The van der Waals surface area contributed by atoms with Crippen LogP contribution in [0.4, 0.5) is 17.6 Å². The van der Waals surface area contributed by atoms with Crippen molar-refractivity contribution in [1.82, 2.24) is 15.0 Å². The third-order valence-corrected chi connectivity index (χ3v) is 4.37. The van der Waals surface area contributed by atoms with Crippen molar-refractivity contribution >= 4 is 27.6 Å². The van der Waals surface area contributed by atoms with E-state index >= 15 is 0 Å². The largest absolute Gasteiger partial charge is 0.491 e. The lowest BCUT2D eigenvalue weighted by molar-refractivity contribution is 0.303. The lowest BCUT2D eigenvalue weighted by Crippen LogP contribution is -2.25. The fourth-order valence-corrected chi connectivity index (χ4v) is 2.31. The number of nitrogens with zero attached hydrogens (tertiary/aromatic N) is 4. The van der Waals surface area contributed by atoms with Crippen molar-refractivity contribution in [3.05, 3.63) is 30.6 Å². The molecule has 1 aromatic heterocycles. The Hall–Kier alpha value is -2.62. The van der Waals surface area contributed by atoms with Crippen molar-refractivity contribution in [2.75, 3.05) is 35.3 Å². The quantitative estimate of drug-likeness (QED) is 0.747. The minimum Gasteiger partial charge on any atom is -0.491 e. The highest BCUT2D eigenvalue weighted by molar-refractivity contribution is 7.92. The summed E-state index contributed by atoms with van der Waals surface area (Å²) in [5.74, 6) is 1.15. The maximum Gasteiger partial charge on any atom is 0.231 e. The van der Waals surface area contributed by atoms with Crippen LogP contribution in [0, 0.1) is 0 Å². The first kappa shape index (κ1) is 17.7. The molecule has 0 fully saturated rings. The van der Waals surface area contributed by atoms with Crippen molar-refractivity contribution in [2.24, 2.45) is 0 Å². The van der Waals surface area contributed by atoms with Gasteiger partial charge in [0.1, 0.15) is 18.7 Å². The van der Waals surface area contributed by atoms with Crippen molar-refractivity contribution in [3.63, 3.8) is 0 Å².